The summed E-state index contributed by atoms with van der Waals surface area (Å²) in [4.78, 5) is 30.5. The van der Waals surface area contributed by atoms with Gasteiger partial charge in [0.05, 0.1) is 5.56 Å². The molecule has 0 aliphatic carbocycles. The number of fused-ring (bicyclic) bond motifs is 1. The number of aromatic carboxylic acids is 1. The standard InChI is InChI=1S/C11H11N3O3/c1-6(2)9-12-8-5-7(10(15)16)3-4-14(8)11(17)13-9/h3-6H,1-2H3,(H,15,16). The Hall–Kier alpha value is -2.24. The number of hydrogen-bond acceptors (Lipinski definition) is 4. The van der Waals surface area contributed by atoms with E-state index >= 15 is 0 Å². The predicted molar refractivity (Wildman–Crippen MR) is 60.3 cm³/mol. The van der Waals surface area contributed by atoms with E-state index in [-0.39, 0.29) is 11.5 Å². The SMILES string of the molecule is CC(C)c1nc(=O)n2ccc(C(=O)O)cc2n1. The molecule has 0 aromatic carbocycles. The summed E-state index contributed by atoms with van der Waals surface area (Å²) in [5, 5.41) is 8.86. The number of aromatic nitrogens is 3. The van der Waals surface area contributed by atoms with E-state index in [1.807, 2.05) is 13.8 Å². The molecule has 17 heavy (non-hydrogen) atoms. The zero-order valence-corrected chi connectivity index (χ0v) is 9.41. The molecule has 0 fully saturated rings. The van der Waals surface area contributed by atoms with Crippen LogP contribution >= 0.6 is 0 Å². The van der Waals surface area contributed by atoms with Gasteiger partial charge in [-0.15, -0.1) is 0 Å². The zero-order valence-electron chi connectivity index (χ0n) is 9.41. The third kappa shape index (κ3) is 2.01. The van der Waals surface area contributed by atoms with E-state index in [0.717, 1.165) is 0 Å². The lowest BCUT2D eigenvalue weighted by Gasteiger charge is -2.05. The molecule has 2 rings (SSSR count). The molecule has 6 heteroatoms. The van der Waals surface area contributed by atoms with Gasteiger partial charge in [-0.1, -0.05) is 13.8 Å². The van der Waals surface area contributed by atoms with E-state index in [1.54, 1.807) is 0 Å². The highest BCUT2D eigenvalue weighted by atomic mass is 16.4. The Morgan fingerprint density at radius 1 is 1.41 bits per heavy atom. The average molecular weight is 233 g/mol. The van der Waals surface area contributed by atoms with Crippen molar-refractivity contribution in [3.05, 3.63) is 40.2 Å². The molecule has 0 radical (unpaired) electrons. The molecule has 2 aromatic rings. The molecule has 0 saturated heterocycles. The van der Waals surface area contributed by atoms with Crippen molar-refractivity contribution in [2.24, 2.45) is 0 Å². The van der Waals surface area contributed by atoms with Crippen molar-refractivity contribution in [2.75, 3.05) is 0 Å². The minimum absolute atomic E-state index is 0.0150. The second-order valence-electron chi connectivity index (χ2n) is 3.97. The van der Waals surface area contributed by atoms with Crippen LogP contribution < -0.4 is 5.69 Å². The Balaban J connectivity index is 2.75. The highest BCUT2D eigenvalue weighted by Gasteiger charge is 2.09. The summed E-state index contributed by atoms with van der Waals surface area (Å²) >= 11 is 0. The monoisotopic (exact) mass is 233 g/mol. The summed E-state index contributed by atoms with van der Waals surface area (Å²) in [6, 6.07) is 2.70. The molecular formula is C11H11N3O3. The van der Waals surface area contributed by atoms with E-state index in [1.165, 1.54) is 22.7 Å². The Labute approximate surface area is 96.6 Å². The lowest BCUT2D eigenvalue weighted by Crippen LogP contribution is -2.21. The molecule has 0 bridgehead atoms. The minimum atomic E-state index is -1.05. The summed E-state index contributed by atoms with van der Waals surface area (Å²) in [5.41, 5.74) is -0.0537. The topological polar surface area (TPSA) is 84.6 Å². The average Bonchev–Trinajstić information content (AvgIpc) is 2.27. The van der Waals surface area contributed by atoms with E-state index in [4.69, 9.17) is 5.11 Å². The fourth-order valence-electron chi connectivity index (χ4n) is 1.42. The first-order valence-electron chi connectivity index (χ1n) is 5.12. The van der Waals surface area contributed by atoms with Crippen LogP contribution in [-0.2, 0) is 0 Å². The summed E-state index contributed by atoms with van der Waals surface area (Å²) < 4.78 is 1.22. The molecule has 6 nitrogen and oxygen atoms in total. The van der Waals surface area contributed by atoms with Crippen LogP contribution in [0.5, 0.6) is 0 Å². The lowest BCUT2D eigenvalue weighted by atomic mass is 10.2. The Kier molecular flexibility index (Phi) is 2.63. The molecule has 88 valence electrons. The first kappa shape index (κ1) is 11.3. The maximum absolute atomic E-state index is 11.6. The first-order chi connectivity index (χ1) is 7.99. The van der Waals surface area contributed by atoms with Crippen molar-refractivity contribution in [2.45, 2.75) is 19.8 Å². The van der Waals surface area contributed by atoms with Crippen molar-refractivity contribution in [1.29, 1.82) is 0 Å². The van der Waals surface area contributed by atoms with Crippen LogP contribution in [0.3, 0.4) is 0 Å². The van der Waals surface area contributed by atoms with Gasteiger partial charge < -0.3 is 5.11 Å². The molecule has 0 amide bonds. The van der Waals surface area contributed by atoms with Crippen LogP contribution in [0.25, 0.3) is 5.65 Å². The maximum Gasteiger partial charge on any atom is 0.355 e. The van der Waals surface area contributed by atoms with Gasteiger partial charge in [-0.25, -0.2) is 14.6 Å². The maximum atomic E-state index is 11.6. The van der Waals surface area contributed by atoms with E-state index in [9.17, 15) is 9.59 Å². The highest BCUT2D eigenvalue weighted by molar-refractivity contribution is 5.88. The van der Waals surface area contributed by atoms with E-state index in [0.29, 0.717) is 11.5 Å². The second-order valence-corrected chi connectivity index (χ2v) is 3.97. The highest BCUT2D eigenvalue weighted by Crippen LogP contribution is 2.09. The van der Waals surface area contributed by atoms with Crippen molar-refractivity contribution in [3.8, 4) is 0 Å². The molecule has 2 aromatic heterocycles. The molecule has 0 unspecified atom stereocenters. The van der Waals surface area contributed by atoms with Crippen molar-refractivity contribution < 1.29 is 9.90 Å². The van der Waals surface area contributed by atoms with Crippen LogP contribution in [-0.4, -0.2) is 25.4 Å². The van der Waals surface area contributed by atoms with Gasteiger partial charge in [-0.2, -0.15) is 4.98 Å². The van der Waals surface area contributed by atoms with Crippen LogP contribution in [0.4, 0.5) is 0 Å². The smallest absolute Gasteiger partial charge is 0.355 e. The van der Waals surface area contributed by atoms with Crippen molar-refractivity contribution >= 4 is 11.6 Å². The quantitative estimate of drug-likeness (QED) is 0.833. The van der Waals surface area contributed by atoms with Crippen LogP contribution in [0, 0.1) is 0 Å². The molecule has 1 N–H and O–H groups in total. The lowest BCUT2D eigenvalue weighted by molar-refractivity contribution is 0.0697. The van der Waals surface area contributed by atoms with E-state index < -0.39 is 11.7 Å². The normalized spacial score (nSPS) is 11.0. The first-order valence-corrected chi connectivity index (χ1v) is 5.12. The summed E-state index contributed by atoms with van der Waals surface area (Å²) in [6.45, 7) is 3.73. The zero-order chi connectivity index (χ0) is 12.6. The van der Waals surface area contributed by atoms with Crippen molar-refractivity contribution in [3.63, 3.8) is 0 Å². The molecule has 2 heterocycles. The number of carboxylic acids is 1. The van der Waals surface area contributed by atoms with E-state index in [2.05, 4.69) is 9.97 Å². The Morgan fingerprint density at radius 2 is 2.12 bits per heavy atom. The Bertz CT molecular complexity index is 646. The second kappa shape index (κ2) is 3.97. The number of carbonyl (C=O) groups is 1. The number of rotatable bonds is 2. The summed E-state index contributed by atoms with van der Waals surface area (Å²) in [6.07, 6.45) is 1.37. The van der Waals surface area contributed by atoms with Gasteiger partial charge in [-0.3, -0.25) is 4.40 Å². The number of nitrogens with zero attached hydrogens (tertiary/aromatic N) is 3. The predicted octanol–water partition coefficient (Wildman–Crippen LogP) is 0.911. The molecule has 0 spiro atoms. The molecular weight excluding hydrogens is 222 g/mol. The molecule has 0 aliphatic heterocycles. The van der Waals surface area contributed by atoms with Crippen molar-refractivity contribution in [1.82, 2.24) is 14.4 Å². The summed E-state index contributed by atoms with van der Waals surface area (Å²) in [7, 11) is 0. The number of carboxylic acid groups (broad SMARTS) is 1. The minimum Gasteiger partial charge on any atom is -0.478 e. The number of hydrogen-bond donors (Lipinski definition) is 1. The number of pyridine rings is 1. The van der Waals surface area contributed by atoms with Crippen LogP contribution in [0.1, 0.15) is 35.9 Å². The van der Waals surface area contributed by atoms with Gasteiger partial charge in [0, 0.05) is 12.1 Å². The van der Waals surface area contributed by atoms with Gasteiger partial charge in [0.15, 0.2) is 0 Å². The molecule has 0 aliphatic rings. The third-order valence-corrected chi connectivity index (χ3v) is 2.34. The Morgan fingerprint density at radius 3 is 2.71 bits per heavy atom. The summed E-state index contributed by atoms with van der Waals surface area (Å²) in [5.74, 6) is -0.622. The van der Waals surface area contributed by atoms with Gasteiger partial charge in [-0.05, 0) is 12.1 Å². The van der Waals surface area contributed by atoms with Crippen LogP contribution in [0.2, 0.25) is 0 Å². The van der Waals surface area contributed by atoms with Gasteiger partial charge in [0.2, 0.25) is 0 Å². The fourth-order valence-corrected chi connectivity index (χ4v) is 1.42. The molecule has 0 saturated carbocycles. The fraction of sp³-hybridized carbons (Fsp3) is 0.273. The van der Waals surface area contributed by atoms with Gasteiger partial charge >= 0.3 is 11.7 Å². The van der Waals surface area contributed by atoms with Gasteiger partial charge in [0.25, 0.3) is 0 Å². The largest absolute Gasteiger partial charge is 0.478 e. The van der Waals surface area contributed by atoms with Crippen LogP contribution in [0.15, 0.2) is 23.1 Å². The third-order valence-electron chi connectivity index (χ3n) is 2.34. The molecule has 0 atom stereocenters. The van der Waals surface area contributed by atoms with Gasteiger partial charge in [0.1, 0.15) is 11.5 Å².